The number of nitrogens with zero attached hydrogens (tertiary/aromatic N) is 5. The molecular formula is C29H22N8O2. The summed E-state index contributed by atoms with van der Waals surface area (Å²) < 4.78 is 7.76. The van der Waals surface area contributed by atoms with E-state index < -0.39 is 11.7 Å². The van der Waals surface area contributed by atoms with Crippen molar-refractivity contribution in [2.24, 2.45) is 0 Å². The summed E-state index contributed by atoms with van der Waals surface area (Å²) in [5.41, 5.74) is 16.5. The molecule has 5 N–H and O–H groups in total. The third-order valence-corrected chi connectivity index (χ3v) is 7.06. The first-order valence-corrected chi connectivity index (χ1v) is 12.4. The molecule has 7 rings (SSSR count). The lowest BCUT2D eigenvalue weighted by molar-refractivity contribution is 0.405. The standard InChI is InChI=1S/C29H22N8O2/c1-15(25-21(16-8-3-2-4-9-16)17-10-5-6-11-18(17)29(38)39-25)37-28-23(26(30)32-14-33-28)24(36-37)19-12-7-13-20-22(19)27(31)35-34-20/h2-15H,1H3,(H2,30,32,33)(H3,31,34,35). The van der Waals surface area contributed by atoms with Gasteiger partial charge in [-0.15, -0.1) is 0 Å². The fourth-order valence-electron chi connectivity index (χ4n) is 5.27. The molecule has 10 heteroatoms. The Labute approximate surface area is 220 Å². The second-order valence-electron chi connectivity index (χ2n) is 9.30. The van der Waals surface area contributed by atoms with Crippen LogP contribution in [-0.4, -0.2) is 29.9 Å². The number of nitrogens with one attached hydrogen (secondary N) is 1. The average molecular weight is 515 g/mol. The van der Waals surface area contributed by atoms with Crippen molar-refractivity contribution in [3.8, 4) is 22.4 Å². The number of fused-ring (bicyclic) bond motifs is 3. The van der Waals surface area contributed by atoms with E-state index in [1.54, 1.807) is 10.7 Å². The molecule has 3 aromatic carbocycles. The molecule has 4 heterocycles. The Morgan fingerprint density at radius 1 is 0.872 bits per heavy atom. The van der Waals surface area contributed by atoms with Crippen molar-refractivity contribution in [3.05, 3.63) is 95.3 Å². The van der Waals surface area contributed by atoms with Crippen LogP contribution in [0.25, 0.3) is 55.1 Å². The summed E-state index contributed by atoms with van der Waals surface area (Å²) in [6.07, 6.45) is 1.40. The number of hydrogen-bond acceptors (Lipinski definition) is 8. The summed E-state index contributed by atoms with van der Waals surface area (Å²) >= 11 is 0. The van der Waals surface area contributed by atoms with Crippen LogP contribution >= 0.6 is 0 Å². The number of aromatic nitrogens is 6. The monoisotopic (exact) mass is 514 g/mol. The molecule has 0 spiro atoms. The van der Waals surface area contributed by atoms with Gasteiger partial charge in [-0.25, -0.2) is 19.4 Å². The van der Waals surface area contributed by atoms with Gasteiger partial charge in [-0.2, -0.15) is 10.2 Å². The summed E-state index contributed by atoms with van der Waals surface area (Å²) in [4.78, 5) is 21.9. The molecule has 0 saturated carbocycles. The van der Waals surface area contributed by atoms with Crippen molar-refractivity contribution in [2.45, 2.75) is 13.0 Å². The van der Waals surface area contributed by atoms with E-state index >= 15 is 0 Å². The van der Waals surface area contributed by atoms with Crippen molar-refractivity contribution in [2.75, 3.05) is 11.5 Å². The molecule has 0 aliphatic heterocycles. The number of aromatic amines is 1. The number of H-pyrrole nitrogens is 1. The smallest absolute Gasteiger partial charge is 0.343 e. The van der Waals surface area contributed by atoms with Gasteiger partial charge in [0.2, 0.25) is 0 Å². The van der Waals surface area contributed by atoms with Crippen molar-refractivity contribution in [3.63, 3.8) is 0 Å². The summed E-state index contributed by atoms with van der Waals surface area (Å²) in [6.45, 7) is 1.92. The van der Waals surface area contributed by atoms with E-state index in [4.69, 9.17) is 21.0 Å². The lowest BCUT2D eigenvalue weighted by Crippen LogP contribution is -2.14. The molecule has 7 aromatic rings. The maximum absolute atomic E-state index is 13.2. The van der Waals surface area contributed by atoms with Crippen LogP contribution in [0, 0.1) is 0 Å². The Kier molecular flexibility index (Phi) is 4.95. The van der Waals surface area contributed by atoms with Crippen molar-refractivity contribution < 1.29 is 4.42 Å². The fourth-order valence-corrected chi connectivity index (χ4v) is 5.27. The van der Waals surface area contributed by atoms with Gasteiger partial charge >= 0.3 is 5.63 Å². The van der Waals surface area contributed by atoms with Gasteiger partial charge in [0.05, 0.1) is 21.7 Å². The highest BCUT2D eigenvalue weighted by atomic mass is 16.4. The van der Waals surface area contributed by atoms with Crippen LogP contribution in [0.5, 0.6) is 0 Å². The molecular weight excluding hydrogens is 492 g/mol. The topological polar surface area (TPSA) is 155 Å². The van der Waals surface area contributed by atoms with Crippen LogP contribution in [0.2, 0.25) is 0 Å². The van der Waals surface area contributed by atoms with Crippen molar-refractivity contribution in [1.29, 1.82) is 0 Å². The first-order valence-electron chi connectivity index (χ1n) is 12.4. The van der Waals surface area contributed by atoms with Crippen molar-refractivity contribution >= 4 is 44.3 Å². The third kappa shape index (κ3) is 3.38. The lowest BCUT2D eigenvalue weighted by atomic mass is 9.96. The van der Waals surface area contributed by atoms with Crippen LogP contribution in [0.1, 0.15) is 18.7 Å². The summed E-state index contributed by atoms with van der Waals surface area (Å²) in [5, 5.41) is 14.7. The molecule has 1 unspecified atom stereocenters. The lowest BCUT2D eigenvalue weighted by Gasteiger charge is -2.18. The van der Waals surface area contributed by atoms with Gasteiger partial charge in [0.15, 0.2) is 11.5 Å². The van der Waals surface area contributed by atoms with Crippen molar-refractivity contribution in [1.82, 2.24) is 29.9 Å². The predicted molar refractivity (Wildman–Crippen MR) is 151 cm³/mol. The van der Waals surface area contributed by atoms with E-state index in [1.807, 2.05) is 73.7 Å². The van der Waals surface area contributed by atoms with Crippen LogP contribution in [0.15, 0.2) is 88.3 Å². The summed E-state index contributed by atoms with van der Waals surface area (Å²) in [6, 6.07) is 22.4. The van der Waals surface area contributed by atoms with Gasteiger partial charge in [0, 0.05) is 16.5 Å². The maximum atomic E-state index is 13.2. The second kappa shape index (κ2) is 8.52. The molecule has 190 valence electrons. The maximum Gasteiger partial charge on any atom is 0.343 e. The minimum absolute atomic E-state index is 0.274. The molecule has 0 aliphatic rings. The molecule has 10 nitrogen and oxygen atoms in total. The molecule has 0 radical (unpaired) electrons. The largest absolute Gasteiger partial charge is 0.424 e. The Morgan fingerprint density at radius 2 is 1.64 bits per heavy atom. The average Bonchev–Trinajstić information content (AvgIpc) is 3.55. The molecule has 0 fully saturated rings. The number of hydrogen-bond donors (Lipinski definition) is 3. The molecule has 0 amide bonds. The predicted octanol–water partition coefficient (Wildman–Crippen LogP) is 4.92. The zero-order valence-corrected chi connectivity index (χ0v) is 20.8. The quantitative estimate of drug-likeness (QED) is 0.299. The number of anilines is 2. The molecule has 0 aliphatic carbocycles. The third-order valence-electron chi connectivity index (χ3n) is 7.06. The van der Waals surface area contributed by atoms with E-state index in [2.05, 4.69) is 20.2 Å². The van der Waals surface area contributed by atoms with Gasteiger partial charge in [-0.05, 0) is 24.6 Å². The van der Waals surface area contributed by atoms with Crippen LogP contribution in [0.3, 0.4) is 0 Å². The second-order valence-corrected chi connectivity index (χ2v) is 9.30. The van der Waals surface area contributed by atoms with Crippen LogP contribution in [-0.2, 0) is 0 Å². The number of nitrogen functional groups attached to an aromatic ring is 2. The first kappa shape index (κ1) is 22.7. The SMILES string of the molecule is CC(c1oc(=O)c2ccccc2c1-c1ccccc1)n1nc(-c2cccc3[nH]nc(N)c23)c2c(N)ncnc21. The minimum Gasteiger partial charge on any atom is -0.424 e. The molecule has 0 bridgehead atoms. The van der Waals surface area contributed by atoms with Gasteiger partial charge in [-0.3, -0.25) is 5.10 Å². The molecule has 1 atom stereocenters. The van der Waals surface area contributed by atoms with E-state index in [0.29, 0.717) is 33.7 Å². The molecule has 4 aromatic heterocycles. The Hall–Kier alpha value is -5.51. The number of nitrogens with two attached hydrogens (primary N) is 2. The van der Waals surface area contributed by atoms with E-state index in [1.165, 1.54) is 6.33 Å². The minimum atomic E-state index is -0.538. The Morgan fingerprint density at radius 3 is 2.46 bits per heavy atom. The van der Waals surface area contributed by atoms with Gasteiger partial charge in [-0.1, -0.05) is 60.7 Å². The summed E-state index contributed by atoms with van der Waals surface area (Å²) in [7, 11) is 0. The zero-order chi connectivity index (χ0) is 26.7. The van der Waals surface area contributed by atoms with Gasteiger partial charge in [0.1, 0.15) is 29.6 Å². The van der Waals surface area contributed by atoms with E-state index in [-0.39, 0.29) is 5.82 Å². The highest BCUT2D eigenvalue weighted by molar-refractivity contribution is 6.08. The van der Waals surface area contributed by atoms with Crippen LogP contribution in [0.4, 0.5) is 11.6 Å². The molecule has 0 saturated heterocycles. The Bertz CT molecular complexity index is 2090. The normalized spacial score (nSPS) is 12.4. The fraction of sp³-hybridized carbons (Fsp3) is 0.0690. The zero-order valence-electron chi connectivity index (χ0n) is 20.8. The van der Waals surface area contributed by atoms with Gasteiger partial charge in [0.25, 0.3) is 0 Å². The van der Waals surface area contributed by atoms with E-state index in [0.717, 1.165) is 33.0 Å². The molecule has 39 heavy (non-hydrogen) atoms. The van der Waals surface area contributed by atoms with Gasteiger partial charge < -0.3 is 15.9 Å². The number of benzene rings is 3. The highest BCUT2D eigenvalue weighted by Gasteiger charge is 2.27. The number of rotatable bonds is 4. The van der Waals surface area contributed by atoms with Crippen LogP contribution < -0.4 is 17.1 Å². The Balaban J connectivity index is 1.53. The highest BCUT2D eigenvalue weighted by Crippen LogP contribution is 2.40. The first-order chi connectivity index (χ1) is 19.0. The van der Waals surface area contributed by atoms with E-state index in [9.17, 15) is 4.79 Å². The summed E-state index contributed by atoms with van der Waals surface area (Å²) in [5.74, 6) is 1.08.